The van der Waals surface area contributed by atoms with Crippen LogP contribution in [0.25, 0.3) is 0 Å². The van der Waals surface area contributed by atoms with Crippen LogP contribution in [0, 0.1) is 11.6 Å². The Kier molecular flexibility index (Phi) is 7.22. The smallest absolute Gasteiger partial charge is 0.291 e. The number of amides is 2. The molecule has 0 aliphatic carbocycles. The number of halogens is 2. The lowest BCUT2D eigenvalue weighted by Gasteiger charge is -2.38. The normalized spacial score (nSPS) is 14.6. The highest BCUT2D eigenvalue weighted by Gasteiger charge is 2.31. The van der Waals surface area contributed by atoms with Crippen molar-refractivity contribution in [1.29, 1.82) is 0 Å². The van der Waals surface area contributed by atoms with Crippen LogP contribution in [0.1, 0.15) is 52.4 Å². The van der Waals surface area contributed by atoms with E-state index in [1.54, 1.807) is 24.3 Å². The van der Waals surface area contributed by atoms with Crippen molar-refractivity contribution in [1.82, 2.24) is 4.90 Å². The number of hydrogen-bond acceptors (Lipinski definition) is 4. The molecule has 2 amide bonds. The summed E-state index contributed by atoms with van der Waals surface area (Å²) >= 11 is 0. The van der Waals surface area contributed by atoms with Crippen molar-refractivity contribution in [3.63, 3.8) is 0 Å². The monoisotopic (exact) mass is 516 g/mol. The lowest BCUT2D eigenvalue weighted by Crippen LogP contribution is -2.40. The van der Waals surface area contributed by atoms with E-state index >= 15 is 0 Å². The third-order valence-corrected chi connectivity index (χ3v) is 6.50. The van der Waals surface area contributed by atoms with Gasteiger partial charge in [0.2, 0.25) is 5.91 Å². The second-order valence-electron chi connectivity index (χ2n) is 9.02. The highest BCUT2D eigenvalue weighted by Crippen LogP contribution is 2.37. The van der Waals surface area contributed by atoms with Crippen molar-refractivity contribution in [3.05, 3.63) is 119 Å². The Hall–Kier alpha value is -4.46. The number of nitrogens with one attached hydrogen (secondary N) is 1. The van der Waals surface area contributed by atoms with Crippen molar-refractivity contribution < 1.29 is 27.5 Å². The molecule has 1 aliphatic rings. The van der Waals surface area contributed by atoms with Gasteiger partial charge in [0.25, 0.3) is 5.91 Å². The molecule has 0 bridgehead atoms. The van der Waals surface area contributed by atoms with Crippen LogP contribution in [0.3, 0.4) is 0 Å². The molecule has 38 heavy (non-hydrogen) atoms. The highest BCUT2D eigenvalue weighted by molar-refractivity contribution is 6.02. The van der Waals surface area contributed by atoms with Crippen LogP contribution in [0.2, 0.25) is 0 Å². The van der Waals surface area contributed by atoms with E-state index in [0.717, 1.165) is 16.7 Å². The molecule has 6 nitrogen and oxygen atoms in total. The number of rotatable bonds is 7. The molecular weight excluding hydrogens is 490 g/mol. The molecule has 8 heteroatoms. The van der Waals surface area contributed by atoms with E-state index in [1.165, 1.54) is 36.4 Å². The first-order chi connectivity index (χ1) is 18.4. The van der Waals surface area contributed by atoms with Gasteiger partial charge in [0.1, 0.15) is 29.8 Å². The second kappa shape index (κ2) is 10.9. The van der Waals surface area contributed by atoms with Gasteiger partial charge >= 0.3 is 0 Å². The molecule has 0 spiro atoms. The molecule has 1 aromatic heterocycles. The number of ether oxygens (including phenoxy) is 1. The Morgan fingerprint density at radius 3 is 2.58 bits per heavy atom. The third kappa shape index (κ3) is 5.44. The van der Waals surface area contributed by atoms with Crippen LogP contribution in [-0.4, -0.2) is 23.3 Å². The lowest BCUT2D eigenvalue weighted by molar-refractivity contribution is -0.132. The predicted molar refractivity (Wildman–Crippen MR) is 138 cm³/mol. The average Bonchev–Trinajstić information content (AvgIpc) is 3.41. The maximum Gasteiger partial charge on any atom is 0.291 e. The number of anilines is 1. The molecule has 1 aliphatic heterocycles. The first kappa shape index (κ1) is 25.2. The van der Waals surface area contributed by atoms with E-state index in [-0.39, 0.29) is 30.1 Å². The number of fused-ring (bicyclic) bond motifs is 1. The number of benzene rings is 3. The number of furan rings is 1. The fraction of sp³-hybridized carbons (Fsp3) is 0.200. The standard InChI is InChI=1S/C30H26F2N2O4/c1-2-28(35)34-15-14-19-8-11-24(17-26(19)29(34)20-6-9-21(31)10-7-20)37-18-25-12-13-27(38-25)30(36)33-23-5-3-4-22(32)16-23/h3-13,16-17,29H,2,14-15,18H2,1H3,(H,33,36). The van der Waals surface area contributed by atoms with Gasteiger partial charge < -0.3 is 19.4 Å². The van der Waals surface area contributed by atoms with Crippen molar-refractivity contribution in [2.24, 2.45) is 0 Å². The molecule has 0 radical (unpaired) electrons. The summed E-state index contributed by atoms with van der Waals surface area (Å²) in [6.45, 7) is 2.48. The minimum absolute atomic E-state index is 0.0240. The number of hydrogen-bond donors (Lipinski definition) is 1. The zero-order valence-electron chi connectivity index (χ0n) is 20.7. The Bertz CT molecular complexity index is 1470. The summed E-state index contributed by atoms with van der Waals surface area (Å²) in [7, 11) is 0. The zero-order chi connectivity index (χ0) is 26.6. The fourth-order valence-corrected chi connectivity index (χ4v) is 4.65. The van der Waals surface area contributed by atoms with Gasteiger partial charge in [0.15, 0.2) is 5.76 Å². The molecule has 0 saturated carbocycles. The van der Waals surface area contributed by atoms with Crippen LogP contribution in [0.5, 0.6) is 5.75 Å². The maximum atomic E-state index is 13.6. The van der Waals surface area contributed by atoms with Gasteiger partial charge in [0.05, 0.1) is 6.04 Å². The van der Waals surface area contributed by atoms with Crippen LogP contribution in [0.4, 0.5) is 14.5 Å². The summed E-state index contributed by atoms with van der Waals surface area (Å²) < 4.78 is 38.6. The molecule has 1 unspecified atom stereocenters. The summed E-state index contributed by atoms with van der Waals surface area (Å²) in [4.78, 5) is 27.1. The van der Waals surface area contributed by atoms with Gasteiger partial charge in [-0.2, -0.15) is 0 Å². The van der Waals surface area contributed by atoms with E-state index in [2.05, 4.69) is 5.32 Å². The molecule has 194 valence electrons. The Labute approximate surface area is 218 Å². The van der Waals surface area contributed by atoms with Crippen LogP contribution < -0.4 is 10.1 Å². The largest absolute Gasteiger partial charge is 0.486 e. The van der Waals surface area contributed by atoms with E-state index in [9.17, 15) is 18.4 Å². The summed E-state index contributed by atoms with van der Waals surface area (Å²) in [6.07, 6.45) is 1.08. The molecular formula is C30H26F2N2O4. The average molecular weight is 517 g/mol. The quantitative estimate of drug-likeness (QED) is 0.314. The highest BCUT2D eigenvalue weighted by atomic mass is 19.1. The summed E-state index contributed by atoms with van der Waals surface area (Å²) in [5, 5.41) is 2.59. The lowest BCUT2D eigenvalue weighted by atomic mass is 9.87. The van der Waals surface area contributed by atoms with E-state index < -0.39 is 11.7 Å². The molecule has 2 heterocycles. The first-order valence-electron chi connectivity index (χ1n) is 12.4. The molecule has 5 rings (SSSR count). The summed E-state index contributed by atoms with van der Waals surface area (Å²) in [5.74, 6) is -0.186. The van der Waals surface area contributed by atoms with Crippen LogP contribution in [-0.2, 0) is 17.8 Å². The Morgan fingerprint density at radius 2 is 1.82 bits per heavy atom. The van der Waals surface area contributed by atoms with Gasteiger partial charge in [-0.05, 0) is 77.7 Å². The summed E-state index contributed by atoms with van der Waals surface area (Å²) in [5.41, 5.74) is 3.17. The van der Waals surface area contributed by atoms with Crippen molar-refractivity contribution in [2.75, 3.05) is 11.9 Å². The number of carbonyl (C=O) groups is 2. The van der Waals surface area contributed by atoms with Gasteiger partial charge in [-0.25, -0.2) is 8.78 Å². The van der Waals surface area contributed by atoms with Crippen molar-refractivity contribution in [2.45, 2.75) is 32.4 Å². The van der Waals surface area contributed by atoms with E-state index in [0.29, 0.717) is 36.6 Å². The van der Waals surface area contributed by atoms with E-state index in [1.807, 2.05) is 30.0 Å². The Balaban J connectivity index is 1.33. The fourth-order valence-electron chi connectivity index (χ4n) is 4.65. The van der Waals surface area contributed by atoms with Crippen molar-refractivity contribution >= 4 is 17.5 Å². The maximum absolute atomic E-state index is 13.6. The minimum Gasteiger partial charge on any atom is -0.486 e. The van der Waals surface area contributed by atoms with Gasteiger partial charge in [-0.3, -0.25) is 9.59 Å². The first-order valence-corrected chi connectivity index (χ1v) is 12.4. The Morgan fingerprint density at radius 1 is 1.00 bits per heavy atom. The van der Waals surface area contributed by atoms with Crippen molar-refractivity contribution in [3.8, 4) is 5.75 Å². The predicted octanol–water partition coefficient (Wildman–Crippen LogP) is 6.27. The molecule has 0 fully saturated rings. The van der Waals surface area contributed by atoms with E-state index in [4.69, 9.17) is 9.15 Å². The third-order valence-electron chi connectivity index (χ3n) is 6.50. The summed E-state index contributed by atoms with van der Waals surface area (Å²) in [6, 6.07) is 20.4. The SMILES string of the molecule is CCC(=O)N1CCc2ccc(OCc3ccc(C(=O)Nc4cccc(F)c4)o3)cc2C1c1ccc(F)cc1. The molecule has 1 N–H and O–H groups in total. The van der Waals surface area contributed by atoms with Gasteiger partial charge in [0, 0.05) is 18.7 Å². The van der Waals surface area contributed by atoms with Gasteiger partial charge in [-0.15, -0.1) is 0 Å². The minimum atomic E-state index is -0.501. The topological polar surface area (TPSA) is 71.8 Å². The molecule has 1 atom stereocenters. The van der Waals surface area contributed by atoms with Gasteiger partial charge in [-0.1, -0.05) is 31.2 Å². The molecule has 4 aromatic rings. The zero-order valence-corrected chi connectivity index (χ0v) is 20.7. The molecule has 3 aromatic carbocycles. The number of nitrogens with zero attached hydrogens (tertiary/aromatic N) is 1. The number of carbonyl (C=O) groups excluding carboxylic acids is 2. The molecule has 0 saturated heterocycles. The van der Waals surface area contributed by atoms with Crippen LogP contribution >= 0.6 is 0 Å². The van der Waals surface area contributed by atoms with Crippen LogP contribution in [0.15, 0.2) is 83.3 Å². The second-order valence-corrected chi connectivity index (χ2v) is 9.02.